The molecule has 0 atom stereocenters. The van der Waals surface area contributed by atoms with Gasteiger partial charge in [0, 0.05) is 12.0 Å². The summed E-state index contributed by atoms with van der Waals surface area (Å²) >= 11 is 0. The quantitative estimate of drug-likeness (QED) is 0.717. The van der Waals surface area contributed by atoms with E-state index < -0.39 is 7.60 Å². The normalized spacial score (nSPS) is 12.1. The zero-order valence-electron chi connectivity index (χ0n) is 9.50. The first-order chi connectivity index (χ1) is 7.70. The molecule has 0 radical (unpaired) electrons. The summed E-state index contributed by atoms with van der Waals surface area (Å²) in [5, 5.41) is 0. The van der Waals surface area contributed by atoms with Gasteiger partial charge in [0.15, 0.2) is 0 Å². The van der Waals surface area contributed by atoms with Crippen LogP contribution in [0.4, 0.5) is 0 Å². The molecule has 1 aromatic rings. The average molecular weight is 241 g/mol. The van der Waals surface area contributed by atoms with Gasteiger partial charge in [0.2, 0.25) is 0 Å². The van der Waals surface area contributed by atoms with Crippen LogP contribution in [0.5, 0.6) is 0 Å². The van der Waals surface area contributed by atoms with Crippen LogP contribution in [-0.4, -0.2) is 18.2 Å². The highest BCUT2D eigenvalue weighted by atomic mass is 31.2. The summed E-state index contributed by atoms with van der Waals surface area (Å²) in [6.07, 6.45) is 3.32. The minimum atomic E-state index is -3.11. The highest BCUT2D eigenvalue weighted by molar-refractivity contribution is 7.57. The Kier molecular flexibility index (Phi) is 5.39. The van der Waals surface area contributed by atoms with Crippen molar-refractivity contribution in [2.45, 2.75) is 13.8 Å². The smallest absolute Gasteiger partial charge is 0.306 e. The van der Waals surface area contributed by atoms with Crippen LogP contribution in [0.25, 0.3) is 6.08 Å². The predicted octanol–water partition coefficient (Wildman–Crippen LogP) is 3.32. The molecule has 0 unspecified atom stereocenters. The first kappa shape index (κ1) is 13.1. The Hall–Kier alpha value is -0.960. The largest absolute Gasteiger partial charge is 0.354 e. The van der Waals surface area contributed by atoms with Crippen molar-refractivity contribution in [1.29, 1.82) is 0 Å². The third-order valence-corrected chi connectivity index (χ3v) is 3.48. The first-order valence-corrected chi connectivity index (χ1v) is 6.80. The Bertz CT molecular complexity index is 368. The lowest BCUT2D eigenvalue weighted by molar-refractivity contribution is 0.229. The fourth-order valence-electron chi connectivity index (χ4n) is 1.13. The van der Waals surface area contributed by atoms with Crippen LogP contribution in [0.15, 0.2) is 30.2 Å². The number of rotatable bonds is 6. The second-order valence-electron chi connectivity index (χ2n) is 2.95. The second-order valence-corrected chi connectivity index (χ2v) is 4.84. The van der Waals surface area contributed by atoms with Crippen LogP contribution in [0.2, 0.25) is 0 Å². The van der Waals surface area contributed by atoms with Gasteiger partial charge in [-0.05, 0) is 32.1 Å². The van der Waals surface area contributed by atoms with E-state index in [1.807, 2.05) is 18.2 Å². The molecule has 0 aliphatic heterocycles. The summed E-state index contributed by atoms with van der Waals surface area (Å²) in [4.78, 5) is 4.08. The number of hydrogen-bond donors (Lipinski definition) is 0. The minimum absolute atomic E-state index is 0.351. The molecule has 1 aromatic heterocycles. The van der Waals surface area contributed by atoms with Crippen LogP contribution in [0.3, 0.4) is 0 Å². The summed E-state index contributed by atoms with van der Waals surface area (Å²) in [6.45, 7) is 4.26. The molecule has 88 valence electrons. The zero-order chi connectivity index (χ0) is 11.9. The molecule has 0 bridgehead atoms. The van der Waals surface area contributed by atoms with Crippen molar-refractivity contribution in [2.75, 3.05) is 13.2 Å². The molecule has 0 amide bonds. The molecular formula is C11H16NO3P. The molecule has 0 fully saturated rings. The van der Waals surface area contributed by atoms with E-state index in [2.05, 4.69) is 4.98 Å². The van der Waals surface area contributed by atoms with Crippen LogP contribution >= 0.6 is 7.60 Å². The van der Waals surface area contributed by atoms with Crippen molar-refractivity contribution in [1.82, 2.24) is 4.98 Å². The fourth-order valence-corrected chi connectivity index (χ4v) is 2.43. The molecule has 0 saturated heterocycles. The average Bonchev–Trinajstić information content (AvgIpc) is 2.29. The first-order valence-electron chi connectivity index (χ1n) is 5.19. The summed E-state index contributed by atoms with van der Waals surface area (Å²) in [5.74, 6) is 1.45. The van der Waals surface area contributed by atoms with Gasteiger partial charge in [-0.25, -0.2) is 0 Å². The molecule has 0 aliphatic carbocycles. The summed E-state index contributed by atoms with van der Waals surface area (Å²) in [7, 11) is -3.11. The summed E-state index contributed by atoms with van der Waals surface area (Å²) < 4.78 is 22.2. The number of hydrogen-bond acceptors (Lipinski definition) is 4. The van der Waals surface area contributed by atoms with Gasteiger partial charge >= 0.3 is 7.60 Å². The molecular weight excluding hydrogens is 225 g/mol. The van der Waals surface area contributed by atoms with Gasteiger partial charge < -0.3 is 9.05 Å². The topological polar surface area (TPSA) is 48.4 Å². The molecule has 4 nitrogen and oxygen atoms in total. The van der Waals surface area contributed by atoms with E-state index in [1.54, 1.807) is 26.1 Å². The monoisotopic (exact) mass is 241 g/mol. The Morgan fingerprint density at radius 2 is 2.00 bits per heavy atom. The lowest BCUT2D eigenvalue weighted by atomic mass is 10.3. The third-order valence-electron chi connectivity index (χ3n) is 1.73. The zero-order valence-corrected chi connectivity index (χ0v) is 10.4. The SMILES string of the molecule is CCOP(=O)(/C=C/c1ccccn1)OCC. The molecule has 0 aliphatic rings. The van der Waals surface area contributed by atoms with E-state index in [0.717, 1.165) is 5.69 Å². The van der Waals surface area contributed by atoms with Crippen molar-refractivity contribution in [3.05, 3.63) is 35.9 Å². The highest BCUT2D eigenvalue weighted by Gasteiger charge is 2.18. The predicted molar refractivity (Wildman–Crippen MR) is 64.1 cm³/mol. The van der Waals surface area contributed by atoms with Crippen LogP contribution in [-0.2, 0) is 13.6 Å². The van der Waals surface area contributed by atoms with Gasteiger partial charge in [0.1, 0.15) is 0 Å². The maximum absolute atomic E-state index is 12.0. The van der Waals surface area contributed by atoms with Crippen molar-refractivity contribution in [3.8, 4) is 0 Å². The van der Waals surface area contributed by atoms with E-state index in [-0.39, 0.29) is 0 Å². The van der Waals surface area contributed by atoms with Crippen LogP contribution < -0.4 is 0 Å². The standard InChI is InChI=1S/C11H16NO3P/c1-3-14-16(13,15-4-2)10-8-11-7-5-6-9-12-11/h5-10H,3-4H2,1-2H3/b10-8+. The Labute approximate surface area is 95.8 Å². The van der Waals surface area contributed by atoms with Gasteiger partial charge in [-0.1, -0.05) is 6.07 Å². The molecule has 0 saturated carbocycles. The number of pyridine rings is 1. The van der Waals surface area contributed by atoms with Gasteiger partial charge in [-0.3, -0.25) is 9.55 Å². The molecule has 16 heavy (non-hydrogen) atoms. The molecule has 0 spiro atoms. The maximum atomic E-state index is 12.0. The van der Waals surface area contributed by atoms with E-state index in [1.165, 1.54) is 5.82 Å². The van der Waals surface area contributed by atoms with Gasteiger partial charge in [0.05, 0.1) is 18.9 Å². The van der Waals surface area contributed by atoms with E-state index in [4.69, 9.17) is 9.05 Å². The fraction of sp³-hybridized carbons (Fsp3) is 0.364. The Morgan fingerprint density at radius 1 is 1.31 bits per heavy atom. The molecule has 1 rings (SSSR count). The van der Waals surface area contributed by atoms with E-state index in [0.29, 0.717) is 13.2 Å². The van der Waals surface area contributed by atoms with E-state index >= 15 is 0 Å². The van der Waals surface area contributed by atoms with Gasteiger partial charge in [0.25, 0.3) is 0 Å². The molecule has 5 heteroatoms. The Balaban J connectivity index is 2.75. The van der Waals surface area contributed by atoms with Crippen molar-refractivity contribution < 1.29 is 13.6 Å². The van der Waals surface area contributed by atoms with Crippen molar-refractivity contribution >= 4 is 13.7 Å². The van der Waals surface area contributed by atoms with Crippen LogP contribution in [0, 0.1) is 0 Å². The maximum Gasteiger partial charge on any atom is 0.354 e. The third kappa shape index (κ3) is 4.27. The highest BCUT2D eigenvalue weighted by Crippen LogP contribution is 2.49. The summed E-state index contributed by atoms with van der Waals surface area (Å²) in [6, 6.07) is 5.50. The Morgan fingerprint density at radius 3 is 2.50 bits per heavy atom. The van der Waals surface area contributed by atoms with Crippen molar-refractivity contribution in [3.63, 3.8) is 0 Å². The molecule has 0 aromatic carbocycles. The van der Waals surface area contributed by atoms with Gasteiger partial charge in [-0.15, -0.1) is 0 Å². The lowest BCUT2D eigenvalue weighted by Crippen LogP contribution is -1.92. The second kappa shape index (κ2) is 6.59. The molecule has 1 heterocycles. The van der Waals surface area contributed by atoms with Crippen LogP contribution in [0.1, 0.15) is 19.5 Å². The summed E-state index contributed by atoms with van der Waals surface area (Å²) in [5.41, 5.74) is 0.724. The molecule has 0 N–H and O–H groups in total. The van der Waals surface area contributed by atoms with Crippen molar-refractivity contribution in [2.24, 2.45) is 0 Å². The van der Waals surface area contributed by atoms with E-state index in [9.17, 15) is 4.57 Å². The number of nitrogens with zero attached hydrogens (tertiary/aromatic N) is 1. The minimum Gasteiger partial charge on any atom is -0.306 e. The van der Waals surface area contributed by atoms with Gasteiger partial charge in [-0.2, -0.15) is 0 Å². The number of aromatic nitrogens is 1. The lowest BCUT2D eigenvalue weighted by Gasteiger charge is -2.12.